The summed E-state index contributed by atoms with van der Waals surface area (Å²) in [6.45, 7) is 3.19. The first-order valence-corrected chi connectivity index (χ1v) is 8.72. The molecule has 2 aliphatic heterocycles. The molecule has 0 amide bonds. The normalized spacial score (nSPS) is 19.2. The zero-order valence-corrected chi connectivity index (χ0v) is 14.1. The predicted octanol–water partition coefficient (Wildman–Crippen LogP) is 3.07. The standard InChI is InChI=1S/C18H15FN2O3S/c19-13-3-1-12(2-4-13)17-20-15(18(22)24-17)11-14-5-6-16(25-14)21-7-9-23-10-8-21/h1-6,11H,7-10H2/b15-11-. The van der Waals surface area contributed by atoms with Gasteiger partial charge in [-0.2, -0.15) is 0 Å². The van der Waals surface area contributed by atoms with Gasteiger partial charge in [0, 0.05) is 23.5 Å². The largest absolute Gasteiger partial charge is 0.402 e. The third-order valence-corrected chi connectivity index (χ3v) is 5.02. The van der Waals surface area contributed by atoms with E-state index in [-0.39, 0.29) is 17.4 Å². The average Bonchev–Trinajstić information content (AvgIpc) is 3.24. The molecule has 0 bridgehead atoms. The lowest BCUT2D eigenvalue weighted by atomic mass is 10.2. The molecule has 2 aromatic rings. The number of cyclic esters (lactones) is 1. The maximum absolute atomic E-state index is 13.0. The number of thiophene rings is 1. The molecule has 3 heterocycles. The maximum atomic E-state index is 13.0. The maximum Gasteiger partial charge on any atom is 0.363 e. The van der Waals surface area contributed by atoms with Gasteiger partial charge < -0.3 is 14.4 Å². The van der Waals surface area contributed by atoms with Crippen LogP contribution in [-0.4, -0.2) is 38.2 Å². The van der Waals surface area contributed by atoms with Crippen molar-refractivity contribution >= 4 is 34.3 Å². The molecule has 1 aromatic heterocycles. The number of hydrogen-bond donors (Lipinski definition) is 0. The highest BCUT2D eigenvalue weighted by Crippen LogP contribution is 2.29. The molecule has 1 aromatic carbocycles. The van der Waals surface area contributed by atoms with E-state index in [9.17, 15) is 9.18 Å². The molecule has 0 saturated carbocycles. The van der Waals surface area contributed by atoms with Crippen LogP contribution in [-0.2, 0) is 14.3 Å². The van der Waals surface area contributed by atoms with Crippen LogP contribution in [0.25, 0.3) is 6.08 Å². The number of rotatable bonds is 3. The Labute approximate surface area is 148 Å². The Morgan fingerprint density at radius 2 is 1.88 bits per heavy atom. The fourth-order valence-electron chi connectivity index (χ4n) is 2.63. The molecule has 0 radical (unpaired) electrons. The number of aliphatic imine (C=N–C) groups is 1. The second kappa shape index (κ2) is 6.78. The quantitative estimate of drug-likeness (QED) is 0.625. The zero-order valence-electron chi connectivity index (χ0n) is 13.3. The lowest BCUT2D eigenvalue weighted by molar-refractivity contribution is -0.129. The van der Waals surface area contributed by atoms with E-state index in [1.165, 1.54) is 24.3 Å². The van der Waals surface area contributed by atoms with E-state index in [1.54, 1.807) is 17.4 Å². The van der Waals surface area contributed by atoms with Crippen LogP contribution in [0.5, 0.6) is 0 Å². The summed E-state index contributed by atoms with van der Waals surface area (Å²) in [6.07, 6.45) is 1.72. The molecule has 4 rings (SSSR count). The number of ether oxygens (including phenoxy) is 2. The first kappa shape index (κ1) is 16.0. The molecule has 2 aliphatic rings. The van der Waals surface area contributed by atoms with Crippen LogP contribution >= 0.6 is 11.3 Å². The SMILES string of the molecule is O=C1OC(c2ccc(F)cc2)=N/C1=C\c1ccc(N2CCOCC2)s1. The van der Waals surface area contributed by atoms with E-state index >= 15 is 0 Å². The van der Waals surface area contributed by atoms with Gasteiger partial charge in [0.05, 0.1) is 18.2 Å². The highest BCUT2D eigenvalue weighted by molar-refractivity contribution is 7.16. The molecule has 5 nitrogen and oxygen atoms in total. The number of carbonyl (C=O) groups excluding carboxylic acids is 1. The van der Waals surface area contributed by atoms with Crippen LogP contribution in [0.2, 0.25) is 0 Å². The Morgan fingerprint density at radius 3 is 2.64 bits per heavy atom. The molecule has 25 heavy (non-hydrogen) atoms. The van der Waals surface area contributed by atoms with Crippen molar-refractivity contribution in [3.05, 3.63) is 58.4 Å². The molecule has 1 saturated heterocycles. The highest BCUT2D eigenvalue weighted by Gasteiger charge is 2.24. The first-order chi connectivity index (χ1) is 12.2. The number of benzene rings is 1. The molecule has 0 atom stereocenters. The van der Waals surface area contributed by atoms with Gasteiger partial charge in [0.15, 0.2) is 5.70 Å². The Kier molecular flexibility index (Phi) is 4.33. The van der Waals surface area contributed by atoms with Gasteiger partial charge in [0.1, 0.15) is 5.82 Å². The number of halogens is 1. The zero-order chi connectivity index (χ0) is 17.2. The van der Waals surface area contributed by atoms with Crippen LogP contribution < -0.4 is 4.90 Å². The smallest absolute Gasteiger partial charge is 0.363 e. The van der Waals surface area contributed by atoms with Gasteiger partial charge in [-0.3, -0.25) is 0 Å². The molecule has 0 spiro atoms. The third-order valence-electron chi connectivity index (χ3n) is 3.93. The first-order valence-electron chi connectivity index (χ1n) is 7.90. The van der Waals surface area contributed by atoms with Crippen LogP contribution in [0.15, 0.2) is 47.1 Å². The number of carbonyl (C=O) groups is 1. The lowest BCUT2D eigenvalue weighted by Gasteiger charge is -2.27. The lowest BCUT2D eigenvalue weighted by Crippen LogP contribution is -2.35. The molecular weight excluding hydrogens is 343 g/mol. The van der Waals surface area contributed by atoms with Gasteiger partial charge in [-0.1, -0.05) is 0 Å². The van der Waals surface area contributed by atoms with Gasteiger partial charge in [-0.15, -0.1) is 11.3 Å². The molecule has 0 aliphatic carbocycles. The van der Waals surface area contributed by atoms with Gasteiger partial charge in [0.2, 0.25) is 5.90 Å². The van der Waals surface area contributed by atoms with Gasteiger partial charge in [0.25, 0.3) is 0 Å². The Bertz CT molecular complexity index is 851. The van der Waals surface area contributed by atoms with Crippen molar-refractivity contribution in [2.45, 2.75) is 0 Å². The predicted molar refractivity (Wildman–Crippen MR) is 94.4 cm³/mol. The molecule has 0 N–H and O–H groups in total. The van der Waals surface area contributed by atoms with E-state index in [1.807, 2.05) is 12.1 Å². The average molecular weight is 358 g/mol. The topological polar surface area (TPSA) is 51.1 Å². The fraction of sp³-hybridized carbons (Fsp3) is 0.222. The Balaban J connectivity index is 1.55. The van der Waals surface area contributed by atoms with Gasteiger partial charge >= 0.3 is 5.97 Å². The van der Waals surface area contributed by atoms with E-state index < -0.39 is 5.97 Å². The minimum atomic E-state index is -0.499. The van der Waals surface area contributed by atoms with Crippen molar-refractivity contribution in [1.82, 2.24) is 0 Å². The monoisotopic (exact) mass is 358 g/mol. The van der Waals surface area contributed by atoms with E-state index in [4.69, 9.17) is 9.47 Å². The summed E-state index contributed by atoms with van der Waals surface area (Å²) in [6, 6.07) is 9.68. The van der Waals surface area contributed by atoms with E-state index in [0.29, 0.717) is 5.56 Å². The van der Waals surface area contributed by atoms with Crippen LogP contribution in [0, 0.1) is 5.82 Å². The van der Waals surface area contributed by atoms with Gasteiger partial charge in [-0.25, -0.2) is 14.2 Å². The number of esters is 1. The Morgan fingerprint density at radius 1 is 1.12 bits per heavy atom. The van der Waals surface area contributed by atoms with Crippen molar-refractivity contribution in [2.24, 2.45) is 4.99 Å². The summed E-state index contributed by atoms with van der Waals surface area (Å²) in [5, 5.41) is 1.14. The molecule has 0 unspecified atom stereocenters. The minimum absolute atomic E-state index is 0.196. The second-order valence-corrected chi connectivity index (χ2v) is 6.71. The van der Waals surface area contributed by atoms with Crippen molar-refractivity contribution in [3.63, 3.8) is 0 Å². The minimum Gasteiger partial charge on any atom is -0.402 e. The highest BCUT2D eigenvalue weighted by atomic mass is 32.1. The molecule has 128 valence electrons. The number of anilines is 1. The fourth-order valence-corrected chi connectivity index (χ4v) is 3.63. The summed E-state index contributed by atoms with van der Waals surface area (Å²) >= 11 is 1.59. The van der Waals surface area contributed by atoms with Crippen LogP contribution in [0.4, 0.5) is 9.39 Å². The second-order valence-electron chi connectivity index (χ2n) is 5.62. The molecular formula is C18H15FN2O3S. The summed E-state index contributed by atoms with van der Waals surface area (Å²) in [5.41, 5.74) is 0.813. The Hall–Kier alpha value is -2.51. The van der Waals surface area contributed by atoms with Crippen LogP contribution in [0.3, 0.4) is 0 Å². The van der Waals surface area contributed by atoms with Crippen molar-refractivity contribution < 1.29 is 18.7 Å². The molecule has 7 heteroatoms. The summed E-state index contributed by atoms with van der Waals surface area (Å²) in [4.78, 5) is 19.5. The van der Waals surface area contributed by atoms with Crippen LogP contribution in [0.1, 0.15) is 10.4 Å². The van der Waals surface area contributed by atoms with Crippen molar-refractivity contribution in [3.8, 4) is 0 Å². The number of hydrogen-bond acceptors (Lipinski definition) is 6. The van der Waals surface area contributed by atoms with Gasteiger partial charge in [-0.05, 0) is 42.5 Å². The van der Waals surface area contributed by atoms with E-state index in [0.717, 1.165) is 36.2 Å². The summed E-state index contributed by atoms with van der Waals surface area (Å²) < 4.78 is 23.6. The number of nitrogens with zero attached hydrogens (tertiary/aromatic N) is 2. The summed E-state index contributed by atoms with van der Waals surface area (Å²) in [5.74, 6) is -0.652. The third kappa shape index (κ3) is 3.47. The number of morpholine rings is 1. The summed E-state index contributed by atoms with van der Waals surface area (Å²) in [7, 11) is 0. The van der Waals surface area contributed by atoms with Crippen molar-refractivity contribution in [1.29, 1.82) is 0 Å². The van der Waals surface area contributed by atoms with E-state index in [2.05, 4.69) is 9.89 Å². The molecule has 1 fully saturated rings. The van der Waals surface area contributed by atoms with Crippen molar-refractivity contribution in [2.75, 3.05) is 31.2 Å².